The van der Waals surface area contributed by atoms with Gasteiger partial charge < -0.3 is 10.1 Å². The number of hydrogen-bond donors (Lipinski definition) is 1. The Labute approximate surface area is 126 Å². The lowest BCUT2D eigenvalue weighted by molar-refractivity contribution is -0.274. The van der Waals surface area contributed by atoms with Crippen LogP contribution in [0, 0.1) is 5.82 Å². The van der Waals surface area contributed by atoms with Crippen LogP contribution in [-0.4, -0.2) is 6.36 Å². The topological polar surface area (TPSA) is 21.3 Å². The van der Waals surface area contributed by atoms with Crippen molar-refractivity contribution in [1.29, 1.82) is 0 Å². The summed E-state index contributed by atoms with van der Waals surface area (Å²) in [5.74, 6) is -0.681. The Hall–Kier alpha value is -1.76. The molecule has 0 radical (unpaired) electrons. The van der Waals surface area contributed by atoms with Crippen molar-refractivity contribution in [2.75, 3.05) is 5.32 Å². The molecule has 2 nitrogen and oxygen atoms in total. The first-order chi connectivity index (χ1) is 9.85. The van der Waals surface area contributed by atoms with Crippen LogP contribution in [0.2, 0.25) is 0 Å². The van der Waals surface area contributed by atoms with Crippen molar-refractivity contribution < 1.29 is 22.3 Å². The quantitative estimate of drug-likeness (QED) is 0.763. The Morgan fingerprint density at radius 3 is 2.48 bits per heavy atom. The zero-order valence-electron chi connectivity index (χ0n) is 10.5. The maximum absolute atomic E-state index is 13.1. The van der Waals surface area contributed by atoms with E-state index in [-0.39, 0.29) is 16.8 Å². The molecule has 0 atom stereocenters. The largest absolute Gasteiger partial charge is 0.573 e. The minimum absolute atomic E-state index is 0.115. The molecule has 21 heavy (non-hydrogen) atoms. The van der Waals surface area contributed by atoms with Crippen molar-refractivity contribution in [1.82, 2.24) is 0 Å². The lowest BCUT2D eigenvalue weighted by atomic mass is 10.2. The molecule has 2 rings (SSSR count). The van der Waals surface area contributed by atoms with E-state index in [4.69, 9.17) is 0 Å². The van der Waals surface area contributed by atoms with Gasteiger partial charge in [0, 0.05) is 17.8 Å². The standard InChI is InChI=1S/C14H10BrF4NO/c15-11-7-10(5-6-12(11)16)20-8-9-3-1-2-4-13(9)21-14(17,18)19/h1-7,20H,8H2. The highest BCUT2D eigenvalue weighted by molar-refractivity contribution is 9.10. The summed E-state index contributed by atoms with van der Waals surface area (Å²) in [6, 6.07) is 10.1. The van der Waals surface area contributed by atoms with Gasteiger partial charge in [0.2, 0.25) is 0 Å². The Kier molecular flexibility index (Phi) is 4.72. The molecule has 0 spiro atoms. The summed E-state index contributed by atoms with van der Waals surface area (Å²) in [6.45, 7) is 0.115. The number of nitrogens with one attached hydrogen (secondary N) is 1. The van der Waals surface area contributed by atoms with Gasteiger partial charge >= 0.3 is 6.36 Å². The van der Waals surface area contributed by atoms with Crippen molar-refractivity contribution in [3.63, 3.8) is 0 Å². The van der Waals surface area contributed by atoms with Crippen molar-refractivity contribution in [2.45, 2.75) is 12.9 Å². The highest BCUT2D eigenvalue weighted by Crippen LogP contribution is 2.27. The van der Waals surface area contributed by atoms with Crippen LogP contribution in [0.5, 0.6) is 5.75 Å². The molecule has 2 aromatic carbocycles. The molecule has 0 aromatic heterocycles. The molecule has 1 N–H and O–H groups in total. The van der Waals surface area contributed by atoms with Gasteiger partial charge in [-0.3, -0.25) is 0 Å². The number of para-hydroxylation sites is 1. The Balaban J connectivity index is 2.11. The first kappa shape index (κ1) is 15.6. The predicted molar refractivity (Wildman–Crippen MR) is 74.6 cm³/mol. The molecule has 0 aliphatic heterocycles. The van der Waals surface area contributed by atoms with Gasteiger partial charge in [-0.1, -0.05) is 18.2 Å². The first-order valence-electron chi connectivity index (χ1n) is 5.88. The van der Waals surface area contributed by atoms with Crippen LogP contribution >= 0.6 is 15.9 Å². The molecular weight excluding hydrogens is 354 g/mol. The van der Waals surface area contributed by atoms with Crippen LogP contribution in [0.1, 0.15) is 5.56 Å². The van der Waals surface area contributed by atoms with E-state index in [9.17, 15) is 17.6 Å². The SMILES string of the molecule is Fc1ccc(NCc2ccccc2OC(F)(F)F)cc1Br. The summed E-state index contributed by atoms with van der Waals surface area (Å²) >= 11 is 3.04. The van der Waals surface area contributed by atoms with E-state index >= 15 is 0 Å². The minimum Gasteiger partial charge on any atom is -0.405 e. The fourth-order valence-electron chi connectivity index (χ4n) is 1.68. The van der Waals surface area contributed by atoms with Crippen molar-refractivity contribution in [3.05, 3.63) is 58.3 Å². The lowest BCUT2D eigenvalue weighted by Gasteiger charge is -2.14. The van der Waals surface area contributed by atoms with E-state index in [1.165, 1.54) is 36.4 Å². The van der Waals surface area contributed by atoms with Crippen molar-refractivity contribution in [2.24, 2.45) is 0 Å². The van der Waals surface area contributed by atoms with Crippen LogP contribution in [0.15, 0.2) is 46.9 Å². The number of alkyl halides is 3. The number of benzene rings is 2. The third-order valence-corrected chi connectivity index (χ3v) is 3.21. The van der Waals surface area contributed by atoms with E-state index in [2.05, 4.69) is 26.0 Å². The summed E-state index contributed by atoms with van der Waals surface area (Å²) in [6.07, 6.45) is -4.74. The number of halogens is 5. The third-order valence-electron chi connectivity index (χ3n) is 2.60. The lowest BCUT2D eigenvalue weighted by Crippen LogP contribution is -2.18. The second-order valence-electron chi connectivity index (χ2n) is 4.14. The molecule has 0 aliphatic carbocycles. The van der Waals surface area contributed by atoms with Gasteiger partial charge in [-0.25, -0.2) is 4.39 Å². The summed E-state index contributed by atoms with van der Waals surface area (Å²) < 4.78 is 54.2. The Morgan fingerprint density at radius 2 is 1.81 bits per heavy atom. The number of hydrogen-bond acceptors (Lipinski definition) is 2. The van der Waals surface area contributed by atoms with Gasteiger partial charge in [0.15, 0.2) is 0 Å². The van der Waals surface area contributed by atoms with Crippen molar-refractivity contribution >= 4 is 21.6 Å². The first-order valence-corrected chi connectivity index (χ1v) is 6.67. The van der Waals surface area contributed by atoms with Gasteiger partial charge in [-0.05, 0) is 40.2 Å². The molecule has 0 fully saturated rings. The van der Waals surface area contributed by atoms with Crippen molar-refractivity contribution in [3.8, 4) is 5.75 Å². The molecule has 0 saturated carbocycles. The minimum atomic E-state index is -4.74. The second-order valence-corrected chi connectivity index (χ2v) is 4.99. The van der Waals surface area contributed by atoms with Gasteiger partial charge in [0.1, 0.15) is 11.6 Å². The van der Waals surface area contributed by atoms with E-state index in [0.717, 1.165) is 0 Å². The monoisotopic (exact) mass is 363 g/mol. The smallest absolute Gasteiger partial charge is 0.405 e. The molecule has 0 saturated heterocycles. The van der Waals surface area contributed by atoms with Crippen LogP contribution in [0.3, 0.4) is 0 Å². The highest BCUT2D eigenvalue weighted by Gasteiger charge is 2.31. The van der Waals surface area contributed by atoms with E-state index < -0.39 is 12.2 Å². The van der Waals surface area contributed by atoms with Gasteiger partial charge in [-0.2, -0.15) is 0 Å². The third kappa shape index (κ3) is 4.63. The number of anilines is 1. The fraction of sp³-hybridized carbons (Fsp3) is 0.143. The van der Waals surface area contributed by atoms with Gasteiger partial charge in [0.25, 0.3) is 0 Å². The second kappa shape index (κ2) is 6.34. The fourth-order valence-corrected chi connectivity index (χ4v) is 2.06. The van der Waals surface area contributed by atoms with Crippen LogP contribution < -0.4 is 10.1 Å². The van der Waals surface area contributed by atoms with E-state index in [1.807, 2.05) is 0 Å². The Morgan fingerprint density at radius 1 is 1.10 bits per heavy atom. The highest BCUT2D eigenvalue weighted by atomic mass is 79.9. The predicted octanol–water partition coefficient (Wildman–Crippen LogP) is 5.10. The zero-order valence-corrected chi connectivity index (χ0v) is 12.1. The number of ether oxygens (including phenoxy) is 1. The van der Waals surface area contributed by atoms with Gasteiger partial charge in [-0.15, -0.1) is 13.2 Å². The van der Waals surface area contributed by atoms with Crippen LogP contribution in [0.4, 0.5) is 23.2 Å². The molecule has 0 heterocycles. The molecule has 0 bridgehead atoms. The average molecular weight is 364 g/mol. The molecule has 2 aromatic rings. The Bertz CT molecular complexity index is 631. The maximum Gasteiger partial charge on any atom is 0.573 e. The van der Waals surface area contributed by atoms with E-state index in [0.29, 0.717) is 11.3 Å². The average Bonchev–Trinajstić information content (AvgIpc) is 2.40. The van der Waals surface area contributed by atoms with Gasteiger partial charge in [0.05, 0.1) is 4.47 Å². The summed E-state index contributed by atoms with van der Waals surface area (Å²) in [7, 11) is 0. The summed E-state index contributed by atoms with van der Waals surface area (Å²) in [4.78, 5) is 0. The summed E-state index contributed by atoms with van der Waals surface area (Å²) in [5, 5.41) is 2.91. The molecular formula is C14H10BrF4NO. The molecule has 0 unspecified atom stereocenters. The molecule has 0 aliphatic rings. The summed E-state index contributed by atoms with van der Waals surface area (Å²) in [5.41, 5.74) is 0.917. The normalized spacial score (nSPS) is 11.3. The molecule has 7 heteroatoms. The number of rotatable bonds is 4. The maximum atomic E-state index is 13.1. The molecule has 0 amide bonds. The van der Waals surface area contributed by atoms with E-state index in [1.54, 1.807) is 6.07 Å². The van der Waals surface area contributed by atoms with Crippen LogP contribution in [-0.2, 0) is 6.54 Å². The molecule has 112 valence electrons. The zero-order chi connectivity index (χ0) is 15.5. The van der Waals surface area contributed by atoms with Crippen LogP contribution in [0.25, 0.3) is 0 Å².